The summed E-state index contributed by atoms with van der Waals surface area (Å²) in [7, 11) is 0. The lowest BCUT2D eigenvalue weighted by Crippen LogP contribution is -2.44. The van der Waals surface area contributed by atoms with Gasteiger partial charge in [0.15, 0.2) is 0 Å². The molecule has 2 aromatic carbocycles. The highest BCUT2D eigenvalue weighted by atomic mass is 32.2. The van der Waals surface area contributed by atoms with Gasteiger partial charge in [0.1, 0.15) is 10.4 Å². The Bertz CT molecular complexity index is 876. The van der Waals surface area contributed by atoms with Crippen molar-refractivity contribution in [2.24, 2.45) is 0 Å². The van der Waals surface area contributed by atoms with Crippen molar-refractivity contribution in [1.82, 2.24) is 4.90 Å². The van der Waals surface area contributed by atoms with Gasteiger partial charge in [-0.05, 0) is 37.6 Å². The predicted octanol–water partition coefficient (Wildman–Crippen LogP) is 4.22. The maximum absolute atomic E-state index is 12.7. The number of amides is 2. The molecule has 1 aliphatic rings. The molecule has 0 saturated carbocycles. The first-order valence-electron chi connectivity index (χ1n) is 8.15. The summed E-state index contributed by atoms with van der Waals surface area (Å²) < 4.78 is 0.392. The molecule has 1 N–H and O–H groups in total. The van der Waals surface area contributed by atoms with Crippen molar-refractivity contribution in [3.8, 4) is 0 Å². The molecular formula is C20H18N2O2S2. The second kappa shape index (κ2) is 7.85. The molecule has 26 heavy (non-hydrogen) atoms. The lowest BCUT2D eigenvalue weighted by atomic mass is 10.2. The lowest BCUT2D eigenvalue weighted by molar-refractivity contribution is -0.129. The van der Waals surface area contributed by atoms with E-state index >= 15 is 0 Å². The van der Waals surface area contributed by atoms with Gasteiger partial charge < -0.3 is 5.32 Å². The number of benzene rings is 2. The Hall–Kier alpha value is -2.44. The largest absolute Gasteiger partial charge is 0.324 e. The fourth-order valence-corrected chi connectivity index (χ4v) is 3.93. The first kappa shape index (κ1) is 18.4. The van der Waals surface area contributed by atoms with Gasteiger partial charge in [0.25, 0.3) is 5.91 Å². The monoisotopic (exact) mass is 382 g/mol. The molecule has 0 aliphatic carbocycles. The van der Waals surface area contributed by atoms with Crippen LogP contribution in [0, 0.1) is 6.92 Å². The van der Waals surface area contributed by atoms with E-state index in [0.717, 1.165) is 11.1 Å². The number of nitrogens with zero attached hydrogens (tertiary/aromatic N) is 1. The van der Waals surface area contributed by atoms with Gasteiger partial charge >= 0.3 is 0 Å². The molecule has 1 aliphatic heterocycles. The molecule has 1 heterocycles. The molecule has 1 atom stereocenters. The second-order valence-electron chi connectivity index (χ2n) is 5.99. The fraction of sp³-hybridized carbons (Fsp3) is 0.150. The number of hydrogen-bond acceptors (Lipinski definition) is 4. The average Bonchev–Trinajstić information content (AvgIpc) is 2.90. The number of thiocarbonyl (C=S) groups is 1. The molecule has 1 fully saturated rings. The van der Waals surface area contributed by atoms with Gasteiger partial charge in [0.05, 0.1) is 4.91 Å². The Balaban J connectivity index is 1.74. The van der Waals surface area contributed by atoms with E-state index in [0.29, 0.717) is 14.9 Å². The number of nitrogens with one attached hydrogen (secondary N) is 1. The van der Waals surface area contributed by atoms with Crippen molar-refractivity contribution in [2.75, 3.05) is 5.32 Å². The Morgan fingerprint density at radius 3 is 2.46 bits per heavy atom. The van der Waals surface area contributed by atoms with Crippen molar-refractivity contribution in [3.05, 3.63) is 70.6 Å². The van der Waals surface area contributed by atoms with Gasteiger partial charge in [0, 0.05) is 5.69 Å². The van der Waals surface area contributed by atoms with Crippen molar-refractivity contribution in [1.29, 1.82) is 0 Å². The molecule has 0 aromatic heterocycles. The summed E-state index contributed by atoms with van der Waals surface area (Å²) in [6.45, 7) is 3.66. The minimum atomic E-state index is -0.689. The van der Waals surface area contributed by atoms with E-state index in [4.69, 9.17) is 12.2 Å². The summed E-state index contributed by atoms with van der Waals surface area (Å²) in [5.74, 6) is -0.512. The standard InChI is InChI=1S/C20H18N2O2S2/c1-13-8-10-16(11-9-13)21-18(23)14(2)22-19(24)17(26-20(22)25)12-15-6-4-3-5-7-15/h3-12,14H,1-2H3,(H,21,23)/b17-12-. The number of carbonyl (C=O) groups is 2. The number of carbonyl (C=O) groups excluding carboxylic acids is 2. The smallest absolute Gasteiger partial charge is 0.266 e. The number of hydrogen-bond donors (Lipinski definition) is 1. The van der Waals surface area contributed by atoms with Gasteiger partial charge in [-0.3, -0.25) is 14.5 Å². The van der Waals surface area contributed by atoms with E-state index in [2.05, 4.69) is 5.32 Å². The van der Waals surface area contributed by atoms with Crippen LogP contribution in [-0.2, 0) is 9.59 Å². The van der Waals surface area contributed by atoms with Crippen LogP contribution < -0.4 is 5.32 Å². The van der Waals surface area contributed by atoms with E-state index in [1.165, 1.54) is 16.7 Å². The Labute approximate surface area is 162 Å². The van der Waals surface area contributed by atoms with Crippen molar-refractivity contribution < 1.29 is 9.59 Å². The van der Waals surface area contributed by atoms with Crippen molar-refractivity contribution in [2.45, 2.75) is 19.9 Å². The maximum Gasteiger partial charge on any atom is 0.266 e. The Morgan fingerprint density at radius 2 is 1.81 bits per heavy atom. The van der Waals surface area contributed by atoms with Crippen LogP contribution in [0.25, 0.3) is 6.08 Å². The highest BCUT2D eigenvalue weighted by molar-refractivity contribution is 8.26. The summed E-state index contributed by atoms with van der Waals surface area (Å²) >= 11 is 6.55. The van der Waals surface area contributed by atoms with Crippen LogP contribution in [-0.4, -0.2) is 27.1 Å². The minimum absolute atomic E-state index is 0.240. The fourth-order valence-electron chi connectivity index (χ4n) is 2.52. The SMILES string of the molecule is Cc1ccc(NC(=O)C(C)N2C(=O)/C(=C/c3ccccc3)SC2=S)cc1. The molecule has 132 valence electrons. The Kier molecular flexibility index (Phi) is 5.54. The molecule has 0 bridgehead atoms. The van der Waals surface area contributed by atoms with Crippen molar-refractivity contribution >= 4 is 51.9 Å². The van der Waals surface area contributed by atoms with E-state index < -0.39 is 6.04 Å². The van der Waals surface area contributed by atoms with Crippen LogP contribution in [0.4, 0.5) is 5.69 Å². The van der Waals surface area contributed by atoms with Crippen molar-refractivity contribution in [3.63, 3.8) is 0 Å². The number of thioether (sulfide) groups is 1. The molecule has 0 radical (unpaired) electrons. The zero-order valence-electron chi connectivity index (χ0n) is 14.4. The minimum Gasteiger partial charge on any atom is -0.324 e. The zero-order chi connectivity index (χ0) is 18.7. The maximum atomic E-state index is 12.7. The third-order valence-electron chi connectivity index (χ3n) is 4.01. The van der Waals surface area contributed by atoms with Crippen LogP contribution in [0.5, 0.6) is 0 Å². The number of anilines is 1. The summed E-state index contributed by atoms with van der Waals surface area (Å²) in [4.78, 5) is 27.2. The summed E-state index contributed by atoms with van der Waals surface area (Å²) in [6.07, 6.45) is 1.80. The van der Waals surface area contributed by atoms with E-state index in [-0.39, 0.29) is 11.8 Å². The molecule has 2 aromatic rings. The summed E-state index contributed by atoms with van der Waals surface area (Å²) in [6, 6.07) is 16.4. The predicted molar refractivity (Wildman–Crippen MR) is 111 cm³/mol. The molecular weight excluding hydrogens is 364 g/mol. The Morgan fingerprint density at radius 1 is 1.15 bits per heavy atom. The van der Waals surface area contributed by atoms with Gasteiger partial charge in [-0.25, -0.2) is 0 Å². The summed E-state index contributed by atoms with van der Waals surface area (Å²) in [5.41, 5.74) is 2.72. The van der Waals surface area contributed by atoms with Crippen LogP contribution in [0.15, 0.2) is 59.5 Å². The molecule has 1 unspecified atom stereocenters. The number of rotatable bonds is 4. The number of aryl methyl sites for hydroxylation is 1. The van der Waals surface area contributed by atoms with E-state index in [1.807, 2.05) is 61.5 Å². The molecule has 0 spiro atoms. The molecule has 2 amide bonds. The third-order valence-corrected chi connectivity index (χ3v) is 5.34. The second-order valence-corrected chi connectivity index (χ2v) is 7.67. The van der Waals surface area contributed by atoms with Crippen LogP contribution >= 0.6 is 24.0 Å². The molecule has 4 nitrogen and oxygen atoms in total. The summed E-state index contributed by atoms with van der Waals surface area (Å²) in [5, 5.41) is 2.83. The molecule has 6 heteroatoms. The third kappa shape index (κ3) is 4.03. The van der Waals surface area contributed by atoms with Crippen LogP contribution in [0.3, 0.4) is 0 Å². The first-order valence-corrected chi connectivity index (χ1v) is 9.38. The van der Waals surface area contributed by atoms with Gasteiger partial charge in [-0.2, -0.15) is 0 Å². The quantitative estimate of drug-likeness (QED) is 0.635. The lowest BCUT2D eigenvalue weighted by Gasteiger charge is -2.22. The zero-order valence-corrected chi connectivity index (χ0v) is 16.1. The van der Waals surface area contributed by atoms with Gasteiger partial charge in [-0.1, -0.05) is 72.0 Å². The first-order chi connectivity index (χ1) is 12.5. The van der Waals surface area contributed by atoms with E-state index in [1.54, 1.807) is 13.0 Å². The highest BCUT2D eigenvalue weighted by Crippen LogP contribution is 2.34. The van der Waals surface area contributed by atoms with Crippen LogP contribution in [0.1, 0.15) is 18.1 Å². The van der Waals surface area contributed by atoms with Gasteiger partial charge in [0.2, 0.25) is 5.91 Å². The average molecular weight is 383 g/mol. The van der Waals surface area contributed by atoms with Crippen LogP contribution in [0.2, 0.25) is 0 Å². The highest BCUT2D eigenvalue weighted by Gasteiger charge is 2.38. The molecule has 1 saturated heterocycles. The normalized spacial score (nSPS) is 16.8. The molecule has 3 rings (SSSR count). The van der Waals surface area contributed by atoms with E-state index in [9.17, 15) is 9.59 Å². The van der Waals surface area contributed by atoms with Gasteiger partial charge in [-0.15, -0.1) is 0 Å². The topological polar surface area (TPSA) is 49.4 Å².